The first-order valence-corrected chi connectivity index (χ1v) is 7.56. The predicted molar refractivity (Wildman–Crippen MR) is 86.4 cm³/mol. The van der Waals surface area contributed by atoms with Gasteiger partial charge < -0.3 is 5.11 Å². The fourth-order valence-electron chi connectivity index (χ4n) is 2.46. The lowest BCUT2D eigenvalue weighted by molar-refractivity contribution is -0.137. The molecule has 0 aliphatic rings. The van der Waals surface area contributed by atoms with Crippen LogP contribution in [0, 0.1) is 13.8 Å². The van der Waals surface area contributed by atoms with E-state index in [0.29, 0.717) is 10.2 Å². The minimum Gasteiger partial charge on any atom is -0.480 e. The van der Waals surface area contributed by atoms with E-state index in [2.05, 4.69) is 4.98 Å². The highest BCUT2D eigenvalue weighted by atomic mass is 32.1. The summed E-state index contributed by atoms with van der Waals surface area (Å²) < 4.78 is 1.13. The fourth-order valence-corrected chi connectivity index (χ4v) is 3.47. The number of benzene rings is 1. The summed E-state index contributed by atoms with van der Waals surface area (Å²) in [6.07, 6.45) is 1.30. The second-order valence-corrected chi connectivity index (χ2v) is 6.35. The van der Waals surface area contributed by atoms with Gasteiger partial charge in [-0.15, -0.1) is 11.3 Å². The van der Waals surface area contributed by atoms with Gasteiger partial charge in [0.1, 0.15) is 11.4 Å². The Morgan fingerprint density at radius 1 is 1.27 bits per heavy atom. The molecule has 2 heterocycles. The quantitative estimate of drug-likeness (QED) is 0.807. The molecule has 2 aromatic heterocycles. The van der Waals surface area contributed by atoms with E-state index in [9.17, 15) is 9.59 Å². The number of carbonyl (C=O) groups is 1. The Labute approximate surface area is 130 Å². The lowest BCUT2D eigenvalue weighted by Crippen LogP contribution is -2.24. The second kappa shape index (κ2) is 5.38. The van der Waals surface area contributed by atoms with Gasteiger partial charge in [-0.2, -0.15) is 0 Å². The van der Waals surface area contributed by atoms with Gasteiger partial charge in [0, 0.05) is 10.4 Å². The van der Waals surface area contributed by atoms with Crippen molar-refractivity contribution in [3.05, 3.63) is 51.4 Å². The molecule has 0 amide bonds. The van der Waals surface area contributed by atoms with E-state index in [-0.39, 0.29) is 12.1 Å². The number of aromatic nitrogens is 2. The number of thiophene rings is 1. The number of hydrogen-bond donors (Lipinski definition) is 1. The summed E-state index contributed by atoms with van der Waals surface area (Å²) >= 11 is 1.45. The Hall–Kier alpha value is -2.47. The monoisotopic (exact) mass is 314 g/mol. The molecule has 1 N–H and O–H groups in total. The molecule has 3 rings (SSSR count). The van der Waals surface area contributed by atoms with E-state index in [0.717, 1.165) is 26.1 Å². The average molecular weight is 314 g/mol. The first-order valence-electron chi connectivity index (χ1n) is 6.74. The van der Waals surface area contributed by atoms with Crippen molar-refractivity contribution in [1.82, 2.24) is 9.55 Å². The van der Waals surface area contributed by atoms with Crippen LogP contribution in [0.4, 0.5) is 0 Å². The topological polar surface area (TPSA) is 72.2 Å². The maximum atomic E-state index is 12.6. The van der Waals surface area contributed by atoms with Crippen molar-refractivity contribution < 1.29 is 9.90 Å². The maximum Gasteiger partial charge on any atom is 0.323 e. The number of aliphatic carboxylic acids is 1. The lowest BCUT2D eigenvalue weighted by Gasteiger charge is -2.05. The molecule has 0 saturated carbocycles. The normalized spacial score (nSPS) is 11.0. The van der Waals surface area contributed by atoms with Gasteiger partial charge in [-0.05, 0) is 19.4 Å². The number of carboxylic acid groups (broad SMARTS) is 1. The molecule has 0 atom stereocenters. The highest BCUT2D eigenvalue weighted by molar-refractivity contribution is 7.19. The zero-order valence-electron chi connectivity index (χ0n) is 12.2. The van der Waals surface area contributed by atoms with Crippen molar-refractivity contribution in [3.8, 4) is 11.1 Å². The standard InChI is InChI=1S/C16H14N2O3S/c1-9-3-5-11(6-4-9)13-10(2)22-15-14(13)16(21)18(8-17-15)7-12(19)20/h3-6,8H,7H2,1-2H3,(H,19,20). The number of hydrogen-bond acceptors (Lipinski definition) is 4. The fraction of sp³-hybridized carbons (Fsp3) is 0.188. The molecule has 5 nitrogen and oxygen atoms in total. The van der Waals surface area contributed by atoms with Crippen LogP contribution in [0.2, 0.25) is 0 Å². The number of fused-ring (bicyclic) bond motifs is 1. The van der Waals surface area contributed by atoms with Gasteiger partial charge in [-0.25, -0.2) is 4.98 Å². The molecular weight excluding hydrogens is 300 g/mol. The summed E-state index contributed by atoms with van der Waals surface area (Å²) in [7, 11) is 0. The minimum absolute atomic E-state index is 0.313. The number of carboxylic acids is 1. The third kappa shape index (κ3) is 2.42. The largest absolute Gasteiger partial charge is 0.480 e. The van der Waals surface area contributed by atoms with Crippen molar-refractivity contribution >= 4 is 27.5 Å². The minimum atomic E-state index is -1.06. The van der Waals surface area contributed by atoms with Crippen LogP contribution in [-0.4, -0.2) is 20.6 Å². The van der Waals surface area contributed by atoms with E-state index in [4.69, 9.17) is 5.11 Å². The molecular formula is C16H14N2O3S. The highest BCUT2D eigenvalue weighted by Crippen LogP contribution is 2.35. The van der Waals surface area contributed by atoms with Gasteiger partial charge >= 0.3 is 5.97 Å². The van der Waals surface area contributed by atoms with Gasteiger partial charge in [-0.1, -0.05) is 29.8 Å². The van der Waals surface area contributed by atoms with Crippen LogP contribution in [0.3, 0.4) is 0 Å². The smallest absolute Gasteiger partial charge is 0.323 e. The zero-order valence-corrected chi connectivity index (χ0v) is 13.0. The van der Waals surface area contributed by atoms with Crippen molar-refractivity contribution in [1.29, 1.82) is 0 Å². The van der Waals surface area contributed by atoms with Gasteiger partial charge in [0.05, 0.1) is 11.7 Å². The molecule has 112 valence electrons. The molecule has 0 aliphatic carbocycles. The summed E-state index contributed by atoms with van der Waals surface area (Å²) in [5.41, 5.74) is 2.62. The number of nitrogens with zero attached hydrogens (tertiary/aromatic N) is 2. The molecule has 6 heteroatoms. The molecule has 22 heavy (non-hydrogen) atoms. The maximum absolute atomic E-state index is 12.6. The van der Waals surface area contributed by atoms with Gasteiger partial charge in [0.25, 0.3) is 5.56 Å². The molecule has 0 radical (unpaired) electrons. The second-order valence-electron chi connectivity index (χ2n) is 5.15. The van der Waals surface area contributed by atoms with Crippen molar-refractivity contribution in [3.63, 3.8) is 0 Å². The molecule has 0 saturated heterocycles. The Kier molecular flexibility index (Phi) is 3.54. The van der Waals surface area contributed by atoms with Gasteiger partial charge in [0.2, 0.25) is 0 Å². The average Bonchev–Trinajstić information content (AvgIpc) is 2.80. The molecule has 3 aromatic rings. The van der Waals surface area contributed by atoms with Crippen LogP contribution in [-0.2, 0) is 11.3 Å². The molecule has 0 aliphatic heterocycles. The number of rotatable bonds is 3. The van der Waals surface area contributed by atoms with E-state index in [1.165, 1.54) is 17.7 Å². The van der Waals surface area contributed by atoms with Crippen molar-refractivity contribution in [2.45, 2.75) is 20.4 Å². The van der Waals surface area contributed by atoms with Crippen LogP contribution in [0.5, 0.6) is 0 Å². The van der Waals surface area contributed by atoms with Crippen LogP contribution in [0.25, 0.3) is 21.3 Å². The SMILES string of the molecule is Cc1ccc(-c2c(C)sc3ncn(CC(=O)O)c(=O)c23)cc1. The zero-order chi connectivity index (χ0) is 15.9. The third-order valence-corrected chi connectivity index (χ3v) is 4.51. The third-order valence-electron chi connectivity index (χ3n) is 3.50. The van der Waals surface area contributed by atoms with Crippen LogP contribution in [0.1, 0.15) is 10.4 Å². The summed E-state index contributed by atoms with van der Waals surface area (Å²) in [4.78, 5) is 29.3. The van der Waals surface area contributed by atoms with Crippen LogP contribution in [0.15, 0.2) is 35.4 Å². The highest BCUT2D eigenvalue weighted by Gasteiger charge is 2.17. The van der Waals surface area contributed by atoms with Gasteiger partial charge in [0.15, 0.2) is 0 Å². The summed E-state index contributed by atoms with van der Waals surface area (Å²) in [5.74, 6) is -1.06. The van der Waals surface area contributed by atoms with E-state index in [1.54, 1.807) is 0 Å². The van der Waals surface area contributed by atoms with Crippen molar-refractivity contribution in [2.24, 2.45) is 0 Å². The Morgan fingerprint density at radius 3 is 2.59 bits per heavy atom. The van der Waals surface area contributed by atoms with E-state index < -0.39 is 5.97 Å². The summed E-state index contributed by atoms with van der Waals surface area (Å²) in [6, 6.07) is 7.92. The van der Waals surface area contributed by atoms with Crippen molar-refractivity contribution in [2.75, 3.05) is 0 Å². The first kappa shape index (κ1) is 14.5. The molecule has 1 aromatic carbocycles. The first-order chi connectivity index (χ1) is 10.5. The summed E-state index contributed by atoms with van der Waals surface area (Å²) in [6.45, 7) is 3.57. The van der Waals surface area contributed by atoms with Crippen LogP contribution >= 0.6 is 11.3 Å². The number of aryl methyl sites for hydroxylation is 2. The van der Waals surface area contributed by atoms with E-state index >= 15 is 0 Å². The van der Waals surface area contributed by atoms with Gasteiger partial charge in [-0.3, -0.25) is 14.2 Å². The van der Waals surface area contributed by atoms with E-state index in [1.807, 2.05) is 38.1 Å². The molecule has 0 bridgehead atoms. The molecule has 0 spiro atoms. The Balaban J connectivity index is 2.29. The Bertz CT molecular complexity index is 923. The molecule has 0 fully saturated rings. The Morgan fingerprint density at radius 2 is 1.95 bits per heavy atom. The predicted octanol–water partition coefficient (Wildman–Crippen LogP) is 2.83. The molecule has 0 unspecified atom stereocenters. The van der Waals surface area contributed by atoms with Crippen LogP contribution < -0.4 is 5.56 Å². The lowest BCUT2D eigenvalue weighted by atomic mass is 10.0. The summed E-state index contributed by atoms with van der Waals surface area (Å²) in [5, 5.41) is 9.40.